The molecule has 0 radical (unpaired) electrons. The van der Waals surface area contributed by atoms with Crippen LogP contribution in [0.25, 0.3) is 0 Å². The highest BCUT2D eigenvalue weighted by Crippen LogP contribution is 2.33. The van der Waals surface area contributed by atoms with Crippen LogP contribution in [0.4, 0.5) is 0 Å². The van der Waals surface area contributed by atoms with Crippen molar-refractivity contribution in [2.24, 2.45) is 5.92 Å². The van der Waals surface area contributed by atoms with Crippen molar-refractivity contribution >= 4 is 10.0 Å². The fourth-order valence-electron chi connectivity index (χ4n) is 1.98. The lowest BCUT2D eigenvalue weighted by molar-refractivity contribution is 0.278. The van der Waals surface area contributed by atoms with Gasteiger partial charge in [0, 0.05) is 6.54 Å². The number of benzene rings is 1. The van der Waals surface area contributed by atoms with Crippen molar-refractivity contribution in [2.75, 3.05) is 6.54 Å². The van der Waals surface area contributed by atoms with Crippen LogP contribution in [0.3, 0.4) is 0 Å². The van der Waals surface area contributed by atoms with E-state index in [1.165, 1.54) is 18.9 Å². The van der Waals surface area contributed by atoms with Gasteiger partial charge in [0.25, 0.3) is 0 Å². The van der Waals surface area contributed by atoms with Gasteiger partial charge in [-0.25, -0.2) is 13.1 Å². The minimum absolute atomic E-state index is 0.180. The third kappa shape index (κ3) is 3.54. The number of hydrogen-bond acceptors (Lipinski definition) is 3. The van der Waals surface area contributed by atoms with Crippen molar-refractivity contribution in [3.63, 3.8) is 0 Å². The molecule has 2 N–H and O–H groups in total. The standard InChI is InChI=1S/C13H19NO3S/c15-10-12-5-1-2-6-13(12)18(16,17)14-9-3-4-11-7-8-11/h1-2,5-6,11,14-15H,3-4,7-10H2. The smallest absolute Gasteiger partial charge is 0.240 e. The lowest BCUT2D eigenvalue weighted by Gasteiger charge is -2.09. The van der Waals surface area contributed by atoms with Gasteiger partial charge in [0.1, 0.15) is 0 Å². The summed E-state index contributed by atoms with van der Waals surface area (Å²) in [4.78, 5) is 0.180. The topological polar surface area (TPSA) is 66.4 Å². The van der Waals surface area contributed by atoms with Gasteiger partial charge in [-0.15, -0.1) is 0 Å². The molecular weight excluding hydrogens is 250 g/mol. The zero-order valence-electron chi connectivity index (χ0n) is 10.3. The summed E-state index contributed by atoms with van der Waals surface area (Å²) >= 11 is 0. The minimum Gasteiger partial charge on any atom is -0.392 e. The Hall–Kier alpha value is -0.910. The normalized spacial score (nSPS) is 15.8. The van der Waals surface area contributed by atoms with E-state index < -0.39 is 10.0 Å². The molecule has 18 heavy (non-hydrogen) atoms. The molecule has 0 heterocycles. The Kier molecular flexibility index (Phi) is 4.37. The molecule has 0 unspecified atom stereocenters. The molecular formula is C13H19NO3S. The summed E-state index contributed by atoms with van der Waals surface area (Å²) in [6.45, 7) is 0.206. The van der Waals surface area contributed by atoms with Gasteiger partial charge in [-0.05, 0) is 30.4 Å². The van der Waals surface area contributed by atoms with Gasteiger partial charge in [0.2, 0.25) is 10.0 Å². The molecule has 4 nitrogen and oxygen atoms in total. The van der Waals surface area contributed by atoms with E-state index in [1.807, 2.05) is 0 Å². The Balaban J connectivity index is 1.95. The van der Waals surface area contributed by atoms with Crippen LogP contribution < -0.4 is 4.72 Å². The highest BCUT2D eigenvalue weighted by Gasteiger charge is 2.21. The first kappa shape index (κ1) is 13.5. The van der Waals surface area contributed by atoms with Crippen LogP contribution in [-0.4, -0.2) is 20.1 Å². The van der Waals surface area contributed by atoms with Gasteiger partial charge in [-0.3, -0.25) is 0 Å². The second-order valence-corrected chi connectivity index (χ2v) is 6.48. The van der Waals surface area contributed by atoms with Crippen LogP contribution in [0, 0.1) is 5.92 Å². The molecule has 0 aliphatic heterocycles. The monoisotopic (exact) mass is 269 g/mol. The zero-order valence-corrected chi connectivity index (χ0v) is 11.1. The first-order chi connectivity index (χ1) is 8.63. The van der Waals surface area contributed by atoms with Crippen LogP contribution in [0.1, 0.15) is 31.2 Å². The van der Waals surface area contributed by atoms with Crippen molar-refractivity contribution in [3.05, 3.63) is 29.8 Å². The van der Waals surface area contributed by atoms with Crippen LogP contribution in [0.2, 0.25) is 0 Å². The predicted molar refractivity (Wildman–Crippen MR) is 69.5 cm³/mol. The molecule has 5 heteroatoms. The number of sulfonamides is 1. The average molecular weight is 269 g/mol. The summed E-state index contributed by atoms with van der Waals surface area (Å²) in [7, 11) is -3.49. The lowest BCUT2D eigenvalue weighted by atomic mass is 10.2. The maximum Gasteiger partial charge on any atom is 0.240 e. The molecule has 0 saturated heterocycles. The zero-order chi connectivity index (χ0) is 13.0. The Morgan fingerprint density at radius 3 is 2.67 bits per heavy atom. The lowest BCUT2D eigenvalue weighted by Crippen LogP contribution is -2.25. The third-order valence-electron chi connectivity index (χ3n) is 3.21. The second kappa shape index (κ2) is 5.82. The van der Waals surface area contributed by atoms with Crippen LogP contribution in [0.5, 0.6) is 0 Å². The van der Waals surface area contributed by atoms with Crippen LogP contribution in [0.15, 0.2) is 29.2 Å². The molecule has 1 saturated carbocycles. The number of aliphatic hydroxyl groups is 1. The van der Waals surface area contributed by atoms with Gasteiger partial charge < -0.3 is 5.11 Å². The number of hydrogen-bond donors (Lipinski definition) is 2. The molecule has 1 aliphatic rings. The van der Waals surface area contributed by atoms with E-state index in [4.69, 9.17) is 5.11 Å². The fourth-order valence-corrected chi connectivity index (χ4v) is 3.28. The van der Waals surface area contributed by atoms with Crippen molar-refractivity contribution in [3.8, 4) is 0 Å². The summed E-state index contributed by atoms with van der Waals surface area (Å²) in [5, 5.41) is 9.14. The van der Waals surface area contributed by atoms with Gasteiger partial charge in [-0.2, -0.15) is 0 Å². The summed E-state index contributed by atoms with van der Waals surface area (Å²) in [5.74, 6) is 0.819. The van der Waals surface area contributed by atoms with E-state index in [0.717, 1.165) is 18.8 Å². The van der Waals surface area contributed by atoms with Crippen LogP contribution >= 0.6 is 0 Å². The van der Waals surface area contributed by atoms with E-state index in [9.17, 15) is 8.42 Å². The molecule has 1 aromatic carbocycles. The first-order valence-electron chi connectivity index (χ1n) is 6.32. The van der Waals surface area contributed by atoms with Crippen LogP contribution in [-0.2, 0) is 16.6 Å². The maximum atomic E-state index is 12.0. The Morgan fingerprint density at radius 1 is 1.28 bits per heavy atom. The quantitative estimate of drug-likeness (QED) is 0.740. The number of rotatable bonds is 7. The molecule has 0 bridgehead atoms. The third-order valence-corrected chi connectivity index (χ3v) is 4.77. The number of nitrogens with one attached hydrogen (secondary N) is 1. The molecule has 2 rings (SSSR count). The summed E-state index contributed by atoms with van der Waals surface area (Å²) < 4.78 is 26.7. The number of aliphatic hydroxyl groups excluding tert-OH is 1. The van der Waals surface area contributed by atoms with Crippen molar-refractivity contribution in [1.29, 1.82) is 0 Å². The molecule has 1 aromatic rings. The Bertz CT molecular complexity index is 495. The molecule has 0 amide bonds. The Morgan fingerprint density at radius 2 is 2.00 bits per heavy atom. The van der Waals surface area contributed by atoms with Gasteiger partial charge in [0.05, 0.1) is 11.5 Å². The molecule has 1 fully saturated rings. The van der Waals surface area contributed by atoms with Gasteiger partial charge in [0.15, 0.2) is 0 Å². The highest BCUT2D eigenvalue weighted by atomic mass is 32.2. The van der Waals surface area contributed by atoms with Crippen molar-refractivity contribution in [1.82, 2.24) is 4.72 Å². The summed E-state index contributed by atoms with van der Waals surface area (Å²) in [6, 6.07) is 6.53. The van der Waals surface area contributed by atoms with Crippen molar-refractivity contribution < 1.29 is 13.5 Å². The summed E-state index contributed by atoms with van der Waals surface area (Å²) in [6.07, 6.45) is 4.57. The first-order valence-corrected chi connectivity index (χ1v) is 7.80. The van der Waals surface area contributed by atoms with E-state index in [1.54, 1.807) is 18.2 Å². The van der Waals surface area contributed by atoms with E-state index in [-0.39, 0.29) is 11.5 Å². The predicted octanol–water partition coefficient (Wildman–Crippen LogP) is 1.65. The Labute approximate surface area is 108 Å². The van der Waals surface area contributed by atoms with Gasteiger partial charge >= 0.3 is 0 Å². The second-order valence-electron chi connectivity index (χ2n) is 4.75. The average Bonchev–Trinajstić information content (AvgIpc) is 3.19. The maximum absolute atomic E-state index is 12.0. The molecule has 0 spiro atoms. The fraction of sp³-hybridized carbons (Fsp3) is 0.538. The molecule has 100 valence electrons. The largest absolute Gasteiger partial charge is 0.392 e. The SMILES string of the molecule is O=S(=O)(NCCCC1CC1)c1ccccc1CO. The molecule has 1 aliphatic carbocycles. The highest BCUT2D eigenvalue weighted by molar-refractivity contribution is 7.89. The molecule has 0 atom stereocenters. The molecule has 0 aromatic heterocycles. The van der Waals surface area contributed by atoms with E-state index >= 15 is 0 Å². The minimum atomic E-state index is -3.49. The van der Waals surface area contributed by atoms with E-state index in [0.29, 0.717) is 12.1 Å². The van der Waals surface area contributed by atoms with Crippen molar-refractivity contribution in [2.45, 2.75) is 37.2 Å². The van der Waals surface area contributed by atoms with Gasteiger partial charge in [-0.1, -0.05) is 31.0 Å². The summed E-state index contributed by atoms with van der Waals surface area (Å²) in [5.41, 5.74) is 0.437. The van der Waals surface area contributed by atoms with E-state index in [2.05, 4.69) is 4.72 Å².